The Labute approximate surface area is 119 Å². The minimum Gasteiger partial charge on any atom is -0.496 e. The maximum absolute atomic E-state index is 12.6. The largest absolute Gasteiger partial charge is 0.496 e. The summed E-state index contributed by atoms with van der Waals surface area (Å²) < 4.78 is 5.31. The number of methoxy groups -OCH3 is 1. The second-order valence-corrected chi connectivity index (χ2v) is 5.64. The average Bonchev–Trinajstić information content (AvgIpc) is 2.61. The standard InChI is InChI=1S/C15H22N2O3/c1-10(2)15(3)16(4)14(18)13(17(15)19)11-8-6-7-9-12(11)20-5/h6-10,13,19H,1-5H3/t13-,15-/m1/s1. The summed E-state index contributed by atoms with van der Waals surface area (Å²) in [7, 11) is 3.28. The highest BCUT2D eigenvalue weighted by Crippen LogP contribution is 2.43. The maximum Gasteiger partial charge on any atom is 0.248 e. The predicted octanol–water partition coefficient (Wildman–Crippen LogP) is 2.27. The Bertz CT molecular complexity index is 518. The normalized spacial score (nSPS) is 27.4. The molecular weight excluding hydrogens is 256 g/mol. The second kappa shape index (κ2) is 5.07. The van der Waals surface area contributed by atoms with Crippen molar-refractivity contribution in [2.75, 3.05) is 14.2 Å². The van der Waals surface area contributed by atoms with E-state index in [-0.39, 0.29) is 11.8 Å². The maximum atomic E-state index is 12.6. The number of carbonyl (C=O) groups is 1. The number of nitrogens with zero attached hydrogens (tertiary/aromatic N) is 2. The van der Waals surface area contributed by atoms with E-state index in [1.54, 1.807) is 25.1 Å². The summed E-state index contributed by atoms with van der Waals surface area (Å²) >= 11 is 0. The lowest BCUT2D eigenvalue weighted by molar-refractivity contribution is -0.210. The van der Waals surface area contributed by atoms with E-state index < -0.39 is 11.7 Å². The van der Waals surface area contributed by atoms with Gasteiger partial charge in [0.15, 0.2) is 0 Å². The van der Waals surface area contributed by atoms with Crippen LogP contribution in [-0.2, 0) is 4.79 Å². The van der Waals surface area contributed by atoms with Crippen LogP contribution in [0.2, 0.25) is 0 Å². The van der Waals surface area contributed by atoms with Crippen molar-refractivity contribution < 1.29 is 14.7 Å². The van der Waals surface area contributed by atoms with Crippen LogP contribution in [0.1, 0.15) is 32.4 Å². The molecule has 1 aliphatic heterocycles. The van der Waals surface area contributed by atoms with E-state index in [0.29, 0.717) is 11.3 Å². The van der Waals surface area contributed by atoms with Crippen molar-refractivity contribution in [3.05, 3.63) is 29.8 Å². The first kappa shape index (κ1) is 14.8. The van der Waals surface area contributed by atoms with Gasteiger partial charge in [-0.25, -0.2) is 0 Å². The molecule has 0 unspecified atom stereocenters. The van der Waals surface area contributed by atoms with Crippen LogP contribution in [0.25, 0.3) is 0 Å². The molecule has 1 aromatic carbocycles. The molecule has 0 saturated carbocycles. The predicted molar refractivity (Wildman–Crippen MR) is 75.4 cm³/mol. The molecule has 0 radical (unpaired) electrons. The highest BCUT2D eigenvalue weighted by molar-refractivity contribution is 5.86. The van der Waals surface area contributed by atoms with Gasteiger partial charge in [-0.05, 0) is 18.9 Å². The monoisotopic (exact) mass is 278 g/mol. The Morgan fingerprint density at radius 1 is 1.35 bits per heavy atom. The third-order valence-electron chi connectivity index (χ3n) is 4.48. The first-order valence-electron chi connectivity index (χ1n) is 6.74. The smallest absolute Gasteiger partial charge is 0.248 e. The molecule has 5 heteroatoms. The average molecular weight is 278 g/mol. The second-order valence-electron chi connectivity index (χ2n) is 5.64. The zero-order chi connectivity index (χ0) is 15.1. The van der Waals surface area contributed by atoms with Gasteiger partial charge in [-0.15, -0.1) is 5.06 Å². The Morgan fingerprint density at radius 3 is 2.45 bits per heavy atom. The molecule has 0 bridgehead atoms. The van der Waals surface area contributed by atoms with Crippen LogP contribution in [0.4, 0.5) is 0 Å². The quantitative estimate of drug-likeness (QED) is 0.921. The molecule has 1 aromatic rings. The van der Waals surface area contributed by atoms with Crippen LogP contribution < -0.4 is 4.74 Å². The summed E-state index contributed by atoms with van der Waals surface area (Å²) in [5, 5.41) is 11.8. The van der Waals surface area contributed by atoms with Crippen LogP contribution in [0.15, 0.2) is 24.3 Å². The van der Waals surface area contributed by atoms with E-state index in [9.17, 15) is 10.0 Å². The zero-order valence-corrected chi connectivity index (χ0v) is 12.6. The third kappa shape index (κ3) is 1.89. The number of benzene rings is 1. The minimum atomic E-state index is -0.734. The summed E-state index contributed by atoms with van der Waals surface area (Å²) in [6.45, 7) is 5.83. The van der Waals surface area contributed by atoms with E-state index in [0.717, 1.165) is 5.06 Å². The SMILES string of the molecule is COc1ccccc1[C@@H]1C(=O)N(C)[C@@](C)(C(C)C)N1O. The fourth-order valence-electron chi connectivity index (χ4n) is 2.74. The lowest BCUT2D eigenvalue weighted by atomic mass is 9.97. The molecule has 20 heavy (non-hydrogen) atoms. The van der Waals surface area contributed by atoms with E-state index in [2.05, 4.69) is 0 Å². The van der Waals surface area contributed by atoms with Gasteiger partial charge in [0.25, 0.3) is 0 Å². The topological polar surface area (TPSA) is 53.0 Å². The van der Waals surface area contributed by atoms with Gasteiger partial charge in [-0.1, -0.05) is 32.0 Å². The molecule has 110 valence electrons. The molecular formula is C15H22N2O3. The van der Waals surface area contributed by atoms with Crippen LogP contribution >= 0.6 is 0 Å². The van der Waals surface area contributed by atoms with Gasteiger partial charge in [0.2, 0.25) is 5.91 Å². The van der Waals surface area contributed by atoms with Gasteiger partial charge in [0.1, 0.15) is 17.5 Å². The fraction of sp³-hybridized carbons (Fsp3) is 0.533. The van der Waals surface area contributed by atoms with Crippen molar-refractivity contribution >= 4 is 5.91 Å². The number of hydroxylamine groups is 2. The zero-order valence-electron chi connectivity index (χ0n) is 12.6. The summed E-state index contributed by atoms with van der Waals surface area (Å²) in [5.74, 6) is 0.556. The van der Waals surface area contributed by atoms with E-state index in [4.69, 9.17) is 4.74 Å². The molecule has 0 aliphatic carbocycles. The van der Waals surface area contributed by atoms with E-state index >= 15 is 0 Å². The van der Waals surface area contributed by atoms with Crippen LogP contribution in [0, 0.1) is 5.92 Å². The Hall–Kier alpha value is -1.59. The summed E-state index contributed by atoms with van der Waals surface area (Å²) in [5.41, 5.74) is -0.0542. The number of ether oxygens (including phenoxy) is 1. The van der Waals surface area contributed by atoms with Gasteiger partial charge < -0.3 is 14.8 Å². The summed E-state index contributed by atoms with van der Waals surface area (Å²) in [6.07, 6.45) is 0. The molecule has 5 nitrogen and oxygen atoms in total. The van der Waals surface area contributed by atoms with Gasteiger partial charge in [-0.2, -0.15) is 0 Å². The van der Waals surface area contributed by atoms with Crippen molar-refractivity contribution in [1.29, 1.82) is 0 Å². The summed E-state index contributed by atoms with van der Waals surface area (Å²) in [6, 6.07) is 6.55. The van der Waals surface area contributed by atoms with Gasteiger partial charge in [0, 0.05) is 12.6 Å². The van der Waals surface area contributed by atoms with Crippen molar-refractivity contribution in [2.24, 2.45) is 5.92 Å². The van der Waals surface area contributed by atoms with Gasteiger partial charge >= 0.3 is 0 Å². The van der Waals surface area contributed by atoms with Crippen molar-refractivity contribution in [3.63, 3.8) is 0 Å². The highest BCUT2D eigenvalue weighted by atomic mass is 16.5. The van der Waals surface area contributed by atoms with Crippen LogP contribution in [0.3, 0.4) is 0 Å². The van der Waals surface area contributed by atoms with Crippen molar-refractivity contribution in [3.8, 4) is 5.75 Å². The molecule has 1 fully saturated rings. The lowest BCUT2D eigenvalue weighted by Crippen LogP contribution is -2.52. The number of amides is 1. The first-order valence-corrected chi connectivity index (χ1v) is 6.74. The Kier molecular flexibility index (Phi) is 3.75. The Balaban J connectivity index is 2.51. The number of carbonyl (C=O) groups excluding carboxylic acids is 1. The molecule has 1 amide bonds. The van der Waals surface area contributed by atoms with Crippen LogP contribution in [-0.4, -0.2) is 40.9 Å². The van der Waals surface area contributed by atoms with Gasteiger partial charge in [0.05, 0.1) is 7.11 Å². The number of rotatable bonds is 3. The molecule has 1 N–H and O–H groups in total. The number of para-hydroxylation sites is 1. The third-order valence-corrected chi connectivity index (χ3v) is 4.48. The number of hydrogen-bond donors (Lipinski definition) is 1. The minimum absolute atomic E-state index is 0.0844. The number of hydrogen-bond acceptors (Lipinski definition) is 4. The summed E-state index contributed by atoms with van der Waals surface area (Å²) in [4.78, 5) is 14.2. The van der Waals surface area contributed by atoms with Gasteiger partial charge in [-0.3, -0.25) is 4.79 Å². The fourth-order valence-corrected chi connectivity index (χ4v) is 2.74. The molecule has 2 rings (SSSR count). The number of likely N-dealkylation sites (N-methyl/N-ethyl adjacent to an activating group) is 1. The lowest BCUT2D eigenvalue weighted by Gasteiger charge is -2.39. The van der Waals surface area contributed by atoms with Crippen LogP contribution in [0.5, 0.6) is 5.75 Å². The molecule has 1 aliphatic rings. The van der Waals surface area contributed by atoms with Crippen molar-refractivity contribution in [1.82, 2.24) is 9.96 Å². The molecule has 1 saturated heterocycles. The highest BCUT2D eigenvalue weighted by Gasteiger charge is 2.55. The molecule has 1 heterocycles. The Morgan fingerprint density at radius 2 is 1.95 bits per heavy atom. The molecule has 0 spiro atoms. The molecule has 2 atom stereocenters. The molecule has 0 aromatic heterocycles. The van der Waals surface area contributed by atoms with E-state index in [1.807, 2.05) is 39.0 Å². The van der Waals surface area contributed by atoms with Crippen molar-refractivity contribution in [2.45, 2.75) is 32.5 Å². The first-order chi connectivity index (χ1) is 9.35. The van der Waals surface area contributed by atoms with E-state index in [1.165, 1.54) is 0 Å².